The second kappa shape index (κ2) is 5.58. The summed E-state index contributed by atoms with van der Waals surface area (Å²) >= 11 is 1.32. The van der Waals surface area contributed by atoms with Gasteiger partial charge in [0.1, 0.15) is 11.4 Å². The van der Waals surface area contributed by atoms with Gasteiger partial charge in [0.25, 0.3) is 5.91 Å². The van der Waals surface area contributed by atoms with E-state index in [0.29, 0.717) is 28.0 Å². The van der Waals surface area contributed by atoms with Gasteiger partial charge in [0.2, 0.25) is 0 Å². The molecule has 0 aliphatic carbocycles. The largest absolute Gasteiger partial charge is 0.463 e. The Balaban J connectivity index is 1.50. The van der Waals surface area contributed by atoms with Crippen LogP contribution in [0.3, 0.4) is 0 Å². The van der Waals surface area contributed by atoms with Gasteiger partial charge < -0.3 is 8.83 Å². The topological polar surface area (TPSA) is 97.0 Å². The summed E-state index contributed by atoms with van der Waals surface area (Å²) in [6.45, 7) is 0. The molecule has 7 nitrogen and oxygen atoms in total. The molecule has 0 aliphatic rings. The van der Waals surface area contributed by atoms with Crippen LogP contribution in [0.5, 0.6) is 0 Å². The number of nitrogens with zero attached hydrogens (tertiary/aromatic N) is 2. The van der Waals surface area contributed by atoms with E-state index in [2.05, 4.69) is 20.5 Å². The van der Waals surface area contributed by atoms with Gasteiger partial charge in [0.15, 0.2) is 22.3 Å². The minimum atomic E-state index is -0.348. The molecule has 114 valence electrons. The molecule has 0 bridgehead atoms. The summed E-state index contributed by atoms with van der Waals surface area (Å²) in [5, 5.41) is 11.8. The van der Waals surface area contributed by atoms with Gasteiger partial charge in [-0.05, 0) is 24.3 Å². The molecule has 23 heavy (non-hydrogen) atoms. The molecule has 4 rings (SSSR count). The van der Waals surface area contributed by atoms with Crippen molar-refractivity contribution in [3.63, 3.8) is 0 Å². The van der Waals surface area contributed by atoms with Crippen molar-refractivity contribution < 1.29 is 13.6 Å². The average molecular weight is 326 g/mol. The monoisotopic (exact) mass is 326 g/mol. The number of amides is 1. The van der Waals surface area contributed by atoms with Crippen LogP contribution in [0.2, 0.25) is 0 Å². The molecule has 4 aromatic rings. The van der Waals surface area contributed by atoms with Gasteiger partial charge in [-0.2, -0.15) is 5.10 Å². The number of hydrogen-bond donors (Lipinski definition) is 2. The zero-order valence-electron chi connectivity index (χ0n) is 11.6. The number of rotatable bonds is 4. The van der Waals surface area contributed by atoms with E-state index in [-0.39, 0.29) is 11.6 Å². The fourth-order valence-electron chi connectivity index (χ4n) is 2.03. The van der Waals surface area contributed by atoms with E-state index in [1.54, 1.807) is 36.8 Å². The minimum Gasteiger partial charge on any atom is -0.463 e. The third-order valence-corrected chi connectivity index (χ3v) is 3.85. The summed E-state index contributed by atoms with van der Waals surface area (Å²) in [5.41, 5.74) is 1.57. The van der Waals surface area contributed by atoms with Crippen LogP contribution in [0.4, 0.5) is 5.13 Å². The lowest BCUT2D eigenvalue weighted by molar-refractivity contribution is 0.102. The second-order valence-corrected chi connectivity index (χ2v) is 5.47. The number of nitrogens with one attached hydrogen (secondary N) is 2. The molecule has 8 heteroatoms. The highest BCUT2D eigenvalue weighted by molar-refractivity contribution is 7.14. The number of carbonyl (C=O) groups excluding carboxylic acids is 1. The van der Waals surface area contributed by atoms with E-state index in [0.717, 1.165) is 0 Å². The first-order valence-electron chi connectivity index (χ1n) is 6.69. The minimum absolute atomic E-state index is 0.256. The Morgan fingerprint density at radius 3 is 2.70 bits per heavy atom. The number of furan rings is 2. The number of H-pyrrole nitrogens is 1. The molecule has 0 atom stereocenters. The van der Waals surface area contributed by atoms with Gasteiger partial charge in [-0.15, -0.1) is 11.3 Å². The Kier molecular flexibility index (Phi) is 3.28. The first-order valence-corrected chi connectivity index (χ1v) is 7.57. The van der Waals surface area contributed by atoms with Crippen molar-refractivity contribution in [2.75, 3.05) is 5.32 Å². The van der Waals surface area contributed by atoms with Crippen molar-refractivity contribution in [1.82, 2.24) is 15.2 Å². The number of hydrogen-bond acceptors (Lipinski definition) is 6. The Morgan fingerprint density at radius 1 is 1.17 bits per heavy atom. The van der Waals surface area contributed by atoms with E-state index >= 15 is 0 Å². The lowest BCUT2D eigenvalue weighted by atomic mass is 10.3. The van der Waals surface area contributed by atoms with Gasteiger partial charge in [0, 0.05) is 11.4 Å². The maximum Gasteiger partial charge on any atom is 0.277 e. The van der Waals surface area contributed by atoms with Crippen molar-refractivity contribution in [1.29, 1.82) is 0 Å². The first kappa shape index (κ1) is 13.5. The van der Waals surface area contributed by atoms with Crippen LogP contribution in [0, 0.1) is 0 Å². The molecule has 0 unspecified atom stereocenters. The Morgan fingerprint density at radius 2 is 1.96 bits per heavy atom. The summed E-state index contributed by atoms with van der Waals surface area (Å²) in [6.07, 6.45) is 3.13. The SMILES string of the molecule is O=C(Nc1nc(-c2ccco2)cs1)c1cc(-c2ccco2)[nH]n1. The van der Waals surface area contributed by atoms with Gasteiger partial charge >= 0.3 is 0 Å². The van der Waals surface area contributed by atoms with Crippen molar-refractivity contribution in [3.8, 4) is 22.9 Å². The lowest BCUT2D eigenvalue weighted by Crippen LogP contribution is -2.12. The number of aromatic nitrogens is 3. The summed E-state index contributed by atoms with van der Waals surface area (Å²) in [4.78, 5) is 16.5. The fourth-order valence-corrected chi connectivity index (χ4v) is 2.72. The zero-order valence-corrected chi connectivity index (χ0v) is 12.5. The molecule has 0 aromatic carbocycles. The predicted molar refractivity (Wildman–Crippen MR) is 84.1 cm³/mol. The van der Waals surface area contributed by atoms with E-state index in [1.165, 1.54) is 11.3 Å². The number of thiazole rings is 1. The molecular weight excluding hydrogens is 316 g/mol. The third kappa shape index (κ3) is 2.67. The summed E-state index contributed by atoms with van der Waals surface area (Å²) in [6, 6.07) is 8.76. The molecule has 0 saturated heterocycles. The molecule has 0 saturated carbocycles. The Labute approximate surface area is 134 Å². The highest BCUT2D eigenvalue weighted by atomic mass is 32.1. The van der Waals surface area contributed by atoms with Crippen molar-refractivity contribution in [2.45, 2.75) is 0 Å². The van der Waals surface area contributed by atoms with Crippen molar-refractivity contribution >= 4 is 22.4 Å². The van der Waals surface area contributed by atoms with Gasteiger partial charge in [-0.25, -0.2) is 4.98 Å². The van der Waals surface area contributed by atoms with Crippen LogP contribution in [0.15, 0.2) is 57.1 Å². The molecule has 0 fully saturated rings. The standard InChI is InChI=1S/C15H10N4O3S/c20-14(10-7-9(18-19-10)12-3-1-5-21-12)17-15-16-11(8-23-15)13-4-2-6-22-13/h1-8H,(H,18,19)(H,16,17,20). The number of anilines is 1. The van der Waals surface area contributed by atoms with E-state index in [4.69, 9.17) is 8.83 Å². The Hall–Kier alpha value is -3.13. The summed E-state index contributed by atoms with van der Waals surface area (Å²) in [5.74, 6) is 0.923. The van der Waals surface area contributed by atoms with Crippen LogP contribution >= 0.6 is 11.3 Å². The molecule has 4 aromatic heterocycles. The molecule has 1 amide bonds. The highest BCUT2D eigenvalue weighted by Gasteiger charge is 2.15. The van der Waals surface area contributed by atoms with Gasteiger partial charge in [-0.1, -0.05) is 0 Å². The molecular formula is C15H10N4O3S. The fraction of sp³-hybridized carbons (Fsp3) is 0. The highest BCUT2D eigenvalue weighted by Crippen LogP contribution is 2.25. The second-order valence-electron chi connectivity index (χ2n) is 4.61. The van der Waals surface area contributed by atoms with E-state index < -0.39 is 0 Å². The molecule has 2 N–H and O–H groups in total. The maximum atomic E-state index is 12.2. The van der Waals surface area contributed by atoms with Crippen molar-refractivity contribution in [3.05, 3.63) is 53.9 Å². The Bertz CT molecular complexity index is 922. The van der Waals surface area contributed by atoms with E-state index in [9.17, 15) is 4.79 Å². The lowest BCUT2D eigenvalue weighted by Gasteiger charge is -1.96. The quantitative estimate of drug-likeness (QED) is 0.597. The molecule has 0 spiro atoms. The van der Waals surface area contributed by atoms with Crippen LogP contribution in [0.25, 0.3) is 22.9 Å². The smallest absolute Gasteiger partial charge is 0.277 e. The van der Waals surface area contributed by atoms with Crippen LogP contribution in [-0.4, -0.2) is 21.1 Å². The maximum absolute atomic E-state index is 12.2. The van der Waals surface area contributed by atoms with Gasteiger partial charge in [-0.3, -0.25) is 15.2 Å². The third-order valence-electron chi connectivity index (χ3n) is 3.10. The van der Waals surface area contributed by atoms with Crippen LogP contribution in [0.1, 0.15) is 10.5 Å². The molecule has 4 heterocycles. The van der Waals surface area contributed by atoms with Gasteiger partial charge in [0.05, 0.1) is 12.5 Å². The predicted octanol–water partition coefficient (Wildman–Crippen LogP) is 3.64. The average Bonchev–Trinajstić information content (AvgIpc) is 3.30. The van der Waals surface area contributed by atoms with Crippen LogP contribution in [-0.2, 0) is 0 Å². The number of aromatic amines is 1. The van der Waals surface area contributed by atoms with Crippen LogP contribution < -0.4 is 5.32 Å². The molecule has 0 radical (unpaired) electrons. The first-order chi connectivity index (χ1) is 11.3. The normalized spacial score (nSPS) is 10.8. The molecule has 0 aliphatic heterocycles. The number of carbonyl (C=O) groups is 1. The van der Waals surface area contributed by atoms with E-state index in [1.807, 2.05) is 11.4 Å². The summed E-state index contributed by atoms with van der Waals surface area (Å²) < 4.78 is 10.5. The summed E-state index contributed by atoms with van der Waals surface area (Å²) in [7, 11) is 0. The van der Waals surface area contributed by atoms with Crippen molar-refractivity contribution in [2.24, 2.45) is 0 Å². The zero-order chi connectivity index (χ0) is 15.6.